The molecule has 2 rings (SSSR count). The molecule has 2 heterocycles. The second-order valence-corrected chi connectivity index (χ2v) is 4.11. The van der Waals surface area contributed by atoms with Gasteiger partial charge in [0.1, 0.15) is 5.82 Å². The van der Waals surface area contributed by atoms with Gasteiger partial charge in [-0.15, -0.1) is 0 Å². The molecule has 0 atom stereocenters. The molecule has 5 heteroatoms. The van der Waals surface area contributed by atoms with Gasteiger partial charge in [0.15, 0.2) is 5.82 Å². The maximum atomic E-state index is 11.7. The number of fused-ring (bicyclic) bond motifs is 1. The maximum Gasteiger partial charge on any atom is 0.247 e. The Morgan fingerprint density at radius 1 is 1.56 bits per heavy atom. The van der Waals surface area contributed by atoms with E-state index in [1.54, 1.807) is 11.1 Å². The summed E-state index contributed by atoms with van der Waals surface area (Å²) in [6, 6.07) is 0. The van der Waals surface area contributed by atoms with Crippen molar-refractivity contribution in [2.24, 2.45) is 0 Å². The quantitative estimate of drug-likeness (QED) is 0.818. The van der Waals surface area contributed by atoms with Gasteiger partial charge in [0.2, 0.25) is 5.91 Å². The zero-order valence-electron chi connectivity index (χ0n) is 9.82. The highest BCUT2D eigenvalue weighted by Gasteiger charge is 2.24. The Bertz CT molecular complexity index is 416. The molecule has 16 heavy (non-hydrogen) atoms. The van der Waals surface area contributed by atoms with Crippen LogP contribution in [0, 0.1) is 0 Å². The SMILES string of the molecule is CCN1C(=O)CNc2cnc(C(C)C)nc21. The van der Waals surface area contributed by atoms with Gasteiger partial charge in [0.05, 0.1) is 18.4 Å². The van der Waals surface area contributed by atoms with Crippen LogP contribution in [0.5, 0.6) is 0 Å². The molecular formula is C11H16N4O. The van der Waals surface area contributed by atoms with E-state index in [0.29, 0.717) is 18.9 Å². The molecule has 0 fully saturated rings. The number of carbonyl (C=O) groups excluding carboxylic acids is 1. The topological polar surface area (TPSA) is 58.1 Å². The molecule has 1 N–H and O–H groups in total. The molecule has 1 aliphatic heterocycles. The molecule has 1 aromatic rings. The smallest absolute Gasteiger partial charge is 0.247 e. The number of hydrogen-bond acceptors (Lipinski definition) is 4. The number of likely N-dealkylation sites (N-methyl/N-ethyl adjacent to an activating group) is 1. The van der Waals surface area contributed by atoms with Crippen LogP contribution in [0.4, 0.5) is 11.5 Å². The monoisotopic (exact) mass is 220 g/mol. The lowest BCUT2D eigenvalue weighted by molar-refractivity contribution is -0.117. The van der Waals surface area contributed by atoms with Gasteiger partial charge in [-0.1, -0.05) is 13.8 Å². The van der Waals surface area contributed by atoms with Crippen molar-refractivity contribution in [3.8, 4) is 0 Å². The molecule has 0 aliphatic carbocycles. The highest BCUT2D eigenvalue weighted by molar-refractivity contribution is 6.01. The molecule has 0 radical (unpaired) electrons. The minimum atomic E-state index is 0.0587. The van der Waals surface area contributed by atoms with Crippen molar-refractivity contribution in [2.45, 2.75) is 26.7 Å². The molecule has 0 bridgehead atoms. The molecule has 1 aliphatic rings. The Morgan fingerprint density at radius 2 is 2.31 bits per heavy atom. The van der Waals surface area contributed by atoms with Gasteiger partial charge in [0.25, 0.3) is 0 Å². The van der Waals surface area contributed by atoms with Gasteiger partial charge in [-0.25, -0.2) is 9.97 Å². The van der Waals surface area contributed by atoms with E-state index in [1.165, 1.54) is 0 Å². The summed E-state index contributed by atoms with van der Waals surface area (Å²) < 4.78 is 0. The Labute approximate surface area is 94.9 Å². The first-order valence-corrected chi connectivity index (χ1v) is 5.54. The number of amides is 1. The highest BCUT2D eigenvalue weighted by atomic mass is 16.2. The first-order valence-electron chi connectivity index (χ1n) is 5.54. The van der Waals surface area contributed by atoms with Crippen molar-refractivity contribution >= 4 is 17.4 Å². The lowest BCUT2D eigenvalue weighted by Crippen LogP contribution is -2.40. The summed E-state index contributed by atoms with van der Waals surface area (Å²) in [5, 5.41) is 3.03. The van der Waals surface area contributed by atoms with Gasteiger partial charge in [-0.2, -0.15) is 0 Å². The molecule has 0 saturated carbocycles. The minimum absolute atomic E-state index is 0.0587. The predicted octanol–water partition coefficient (Wildman–Crippen LogP) is 1.38. The third-order valence-corrected chi connectivity index (χ3v) is 2.61. The van der Waals surface area contributed by atoms with E-state index in [-0.39, 0.29) is 11.8 Å². The van der Waals surface area contributed by atoms with Gasteiger partial charge < -0.3 is 5.32 Å². The number of carbonyl (C=O) groups is 1. The van der Waals surface area contributed by atoms with Crippen molar-refractivity contribution < 1.29 is 4.79 Å². The number of nitrogens with zero attached hydrogens (tertiary/aromatic N) is 3. The van der Waals surface area contributed by atoms with Crippen LogP contribution in [-0.2, 0) is 4.79 Å². The van der Waals surface area contributed by atoms with E-state index >= 15 is 0 Å². The number of anilines is 2. The molecular weight excluding hydrogens is 204 g/mol. The fourth-order valence-corrected chi connectivity index (χ4v) is 1.71. The van der Waals surface area contributed by atoms with Crippen LogP contribution in [0.3, 0.4) is 0 Å². The minimum Gasteiger partial charge on any atom is -0.372 e. The van der Waals surface area contributed by atoms with E-state index in [1.807, 2.05) is 20.8 Å². The van der Waals surface area contributed by atoms with Crippen molar-refractivity contribution in [3.63, 3.8) is 0 Å². The number of hydrogen-bond donors (Lipinski definition) is 1. The normalized spacial score (nSPS) is 15.0. The van der Waals surface area contributed by atoms with E-state index < -0.39 is 0 Å². The van der Waals surface area contributed by atoms with Crippen LogP contribution in [0.2, 0.25) is 0 Å². The summed E-state index contributed by atoms with van der Waals surface area (Å²) >= 11 is 0. The number of aromatic nitrogens is 2. The molecule has 5 nitrogen and oxygen atoms in total. The zero-order chi connectivity index (χ0) is 11.7. The average molecular weight is 220 g/mol. The van der Waals surface area contributed by atoms with Crippen LogP contribution in [0.25, 0.3) is 0 Å². The molecule has 86 valence electrons. The summed E-state index contributed by atoms with van der Waals surface area (Å²) in [6.45, 7) is 6.99. The Balaban J connectivity index is 2.45. The third kappa shape index (κ3) is 1.73. The van der Waals surface area contributed by atoms with E-state index in [4.69, 9.17) is 0 Å². The van der Waals surface area contributed by atoms with Gasteiger partial charge in [-0.05, 0) is 6.92 Å². The van der Waals surface area contributed by atoms with Crippen LogP contribution >= 0.6 is 0 Å². The van der Waals surface area contributed by atoms with E-state index in [9.17, 15) is 4.79 Å². The fraction of sp³-hybridized carbons (Fsp3) is 0.545. The Hall–Kier alpha value is -1.65. The molecule has 0 saturated heterocycles. The van der Waals surface area contributed by atoms with Gasteiger partial charge in [0, 0.05) is 12.5 Å². The van der Waals surface area contributed by atoms with Gasteiger partial charge >= 0.3 is 0 Å². The number of nitrogens with one attached hydrogen (secondary N) is 1. The van der Waals surface area contributed by atoms with Crippen LogP contribution in [0.15, 0.2) is 6.20 Å². The van der Waals surface area contributed by atoms with Crippen molar-refractivity contribution in [3.05, 3.63) is 12.0 Å². The Kier molecular flexibility index (Phi) is 2.77. The average Bonchev–Trinajstić information content (AvgIpc) is 2.28. The van der Waals surface area contributed by atoms with Crippen LogP contribution in [0.1, 0.15) is 32.5 Å². The van der Waals surface area contributed by atoms with E-state index in [0.717, 1.165) is 11.5 Å². The van der Waals surface area contributed by atoms with Crippen LogP contribution < -0.4 is 10.2 Å². The lowest BCUT2D eigenvalue weighted by Gasteiger charge is -2.28. The summed E-state index contributed by atoms with van der Waals surface area (Å²) in [4.78, 5) is 22.1. The zero-order valence-corrected chi connectivity index (χ0v) is 9.82. The summed E-state index contributed by atoms with van der Waals surface area (Å²) in [5.41, 5.74) is 0.839. The second-order valence-electron chi connectivity index (χ2n) is 4.11. The molecule has 0 spiro atoms. The molecule has 0 aromatic carbocycles. The summed E-state index contributed by atoms with van der Waals surface area (Å²) in [6.07, 6.45) is 1.76. The van der Waals surface area contributed by atoms with Crippen molar-refractivity contribution in [1.29, 1.82) is 0 Å². The first-order chi connectivity index (χ1) is 7.63. The standard InChI is InChI=1S/C11H16N4O/c1-4-15-9(16)6-12-8-5-13-10(7(2)3)14-11(8)15/h5,7,12H,4,6H2,1-3H3. The van der Waals surface area contributed by atoms with Crippen molar-refractivity contribution in [1.82, 2.24) is 9.97 Å². The Morgan fingerprint density at radius 3 is 2.94 bits per heavy atom. The first kappa shape index (κ1) is 10.9. The molecule has 0 unspecified atom stereocenters. The summed E-state index contributed by atoms with van der Waals surface area (Å²) in [5.74, 6) is 1.80. The fourth-order valence-electron chi connectivity index (χ4n) is 1.71. The number of rotatable bonds is 2. The lowest BCUT2D eigenvalue weighted by atomic mass is 10.2. The third-order valence-electron chi connectivity index (χ3n) is 2.61. The molecule has 1 aromatic heterocycles. The summed E-state index contributed by atoms with van der Waals surface area (Å²) in [7, 11) is 0. The van der Waals surface area contributed by atoms with Gasteiger partial charge in [-0.3, -0.25) is 9.69 Å². The van der Waals surface area contributed by atoms with E-state index in [2.05, 4.69) is 15.3 Å². The predicted molar refractivity (Wildman–Crippen MR) is 62.6 cm³/mol. The van der Waals surface area contributed by atoms with Crippen molar-refractivity contribution in [2.75, 3.05) is 23.3 Å². The second kappa shape index (κ2) is 4.08. The molecule has 1 amide bonds. The maximum absolute atomic E-state index is 11.7. The van der Waals surface area contributed by atoms with Crippen LogP contribution in [-0.4, -0.2) is 29.0 Å². The highest BCUT2D eigenvalue weighted by Crippen LogP contribution is 2.27. The largest absolute Gasteiger partial charge is 0.372 e.